The number of hydrogen-bond donors (Lipinski definition) is 1. The molecule has 60 valence electrons. The highest BCUT2D eigenvalue weighted by Gasteiger charge is 2.08. The summed E-state index contributed by atoms with van der Waals surface area (Å²) in [6, 6.07) is 0. The first-order chi connectivity index (χ1) is 5.09. The minimum Gasteiger partial charge on any atom is -0.481 e. The number of nitrogens with zero attached hydrogens (tertiary/aromatic N) is 2. The number of hydrogen-bond acceptors (Lipinski definition) is 2. The summed E-state index contributed by atoms with van der Waals surface area (Å²) in [5.41, 5.74) is 0.556. The lowest BCUT2D eigenvalue weighted by atomic mass is 10.3. The van der Waals surface area contributed by atoms with E-state index in [4.69, 9.17) is 5.11 Å². The molecule has 0 aromatic carbocycles. The molecule has 0 saturated carbocycles. The predicted octanol–water partition coefficient (Wildman–Crippen LogP) is 0.810. The van der Waals surface area contributed by atoms with Gasteiger partial charge in [0.05, 0.1) is 16.6 Å². The molecule has 1 N–H and O–H groups in total. The Kier molecular flexibility index (Phi) is 2.28. The predicted molar refractivity (Wildman–Crippen MR) is 42.2 cm³/mol. The molecule has 5 heteroatoms. The first kappa shape index (κ1) is 8.26. The lowest BCUT2D eigenvalue weighted by Gasteiger charge is -1.88. The smallest absolute Gasteiger partial charge is 0.309 e. The Labute approximate surface area is 72.0 Å². The van der Waals surface area contributed by atoms with Crippen LogP contribution < -0.4 is 0 Å². The molecular weight excluding hydrogens is 212 g/mol. The van der Waals surface area contributed by atoms with Crippen molar-refractivity contribution in [3.05, 3.63) is 16.4 Å². The normalized spacial score (nSPS) is 10.0. The van der Waals surface area contributed by atoms with Gasteiger partial charge in [-0.2, -0.15) is 5.10 Å². The average Bonchev–Trinajstić information content (AvgIpc) is 2.09. The van der Waals surface area contributed by atoms with Crippen molar-refractivity contribution >= 4 is 21.9 Å². The van der Waals surface area contributed by atoms with Gasteiger partial charge < -0.3 is 5.11 Å². The molecule has 0 radical (unpaired) electrons. The number of carboxylic acids is 1. The molecule has 1 aromatic heterocycles. The van der Waals surface area contributed by atoms with Gasteiger partial charge in [-0.3, -0.25) is 9.48 Å². The SMILES string of the molecule is Cn1cc(Br)c(CC(=O)O)n1. The van der Waals surface area contributed by atoms with Crippen molar-refractivity contribution in [1.29, 1.82) is 0 Å². The van der Waals surface area contributed by atoms with Gasteiger partial charge >= 0.3 is 5.97 Å². The summed E-state index contributed by atoms with van der Waals surface area (Å²) in [5, 5.41) is 12.4. The standard InChI is InChI=1S/C6H7BrN2O2/c1-9-3-4(7)5(8-9)2-6(10)11/h3H,2H2,1H3,(H,10,11). The van der Waals surface area contributed by atoms with Crippen molar-refractivity contribution in [3.63, 3.8) is 0 Å². The molecule has 1 rings (SSSR count). The summed E-state index contributed by atoms with van der Waals surface area (Å²) >= 11 is 3.20. The monoisotopic (exact) mass is 218 g/mol. The zero-order valence-electron chi connectivity index (χ0n) is 5.91. The summed E-state index contributed by atoms with van der Waals surface area (Å²) in [7, 11) is 1.75. The van der Waals surface area contributed by atoms with E-state index in [1.54, 1.807) is 17.9 Å². The maximum Gasteiger partial charge on any atom is 0.309 e. The molecule has 1 heterocycles. The summed E-state index contributed by atoms with van der Waals surface area (Å²) in [4.78, 5) is 10.3. The second-order valence-corrected chi connectivity index (χ2v) is 3.02. The van der Waals surface area contributed by atoms with Crippen molar-refractivity contribution in [2.75, 3.05) is 0 Å². The van der Waals surface area contributed by atoms with Gasteiger partial charge in [-0.05, 0) is 15.9 Å². The van der Waals surface area contributed by atoms with Crippen LogP contribution in [0.15, 0.2) is 10.7 Å². The second-order valence-electron chi connectivity index (χ2n) is 2.17. The van der Waals surface area contributed by atoms with Crippen LogP contribution in [0.3, 0.4) is 0 Å². The molecule has 4 nitrogen and oxygen atoms in total. The van der Waals surface area contributed by atoms with E-state index in [0.717, 1.165) is 4.47 Å². The molecule has 0 aliphatic heterocycles. The van der Waals surface area contributed by atoms with E-state index in [2.05, 4.69) is 21.0 Å². The van der Waals surface area contributed by atoms with Crippen LogP contribution in [-0.4, -0.2) is 20.9 Å². The van der Waals surface area contributed by atoms with Gasteiger partial charge in [-0.1, -0.05) is 0 Å². The molecule has 0 aliphatic rings. The van der Waals surface area contributed by atoms with Crippen LogP contribution in [0.2, 0.25) is 0 Å². The van der Waals surface area contributed by atoms with Crippen LogP contribution in [0, 0.1) is 0 Å². The van der Waals surface area contributed by atoms with Gasteiger partial charge in [0.25, 0.3) is 0 Å². The summed E-state index contributed by atoms with van der Waals surface area (Å²) in [6.45, 7) is 0. The molecule has 0 saturated heterocycles. The van der Waals surface area contributed by atoms with Crippen molar-refractivity contribution in [2.45, 2.75) is 6.42 Å². The molecular formula is C6H7BrN2O2. The lowest BCUT2D eigenvalue weighted by Crippen LogP contribution is -2.01. The van der Waals surface area contributed by atoms with Crippen LogP contribution in [0.25, 0.3) is 0 Å². The van der Waals surface area contributed by atoms with Crippen molar-refractivity contribution in [1.82, 2.24) is 9.78 Å². The Balaban J connectivity index is 2.85. The van der Waals surface area contributed by atoms with E-state index in [9.17, 15) is 4.79 Å². The number of halogens is 1. The molecule has 0 aliphatic carbocycles. The molecule has 11 heavy (non-hydrogen) atoms. The highest BCUT2D eigenvalue weighted by Crippen LogP contribution is 2.14. The van der Waals surface area contributed by atoms with Crippen LogP contribution >= 0.6 is 15.9 Å². The largest absolute Gasteiger partial charge is 0.481 e. The first-order valence-corrected chi connectivity index (χ1v) is 3.78. The maximum absolute atomic E-state index is 10.3. The van der Waals surface area contributed by atoms with Crippen LogP contribution in [0.4, 0.5) is 0 Å². The molecule has 0 amide bonds. The Morgan fingerprint density at radius 2 is 2.55 bits per heavy atom. The van der Waals surface area contributed by atoms with Crippen molar-refractivity contribution < 1.29 is 9.90 Å². The number of aliphatic carboxylic acids is 1. The minimum atomic E-state index is -0.871. The quantitative estimate of drug-likeness (QED) is 0.800. The summed E-state index contributed by atoms with van der Waals surface area (Å²) < 4.78 is 2.31. The number of aromatic nitrogens is 2. The zero-order valence-corrected chi connectivity index (χ0v) is 7.50. The highest BCUT2D eigenvalue weighted by atomic mass is 79.9. The minimum absolute atomic E-state index is 0.0403. The Morgan fingerprint density at radius 3 is 2.91 bits per heavy atom. The molecule has 0 fully saturated rings. The number of aryl methyl sites for hydroxylation is 1. The van der Waals surface area contributed by atoms with Crippen LogP contribution in [0.5, 0.6) is 0 Å². The van der Waals surface area contributed by atoms with Crippen LogP contribution in [-0.2, 0) is 18.3 Å². The fourth-order valence-corrected chi connectivity index (χ4v) is 1.28. The number of carbonyl (C=O) groups is 1. The molecule has 0 bridgehead atoms. The highest BCUT2D eigenvalue weighted by molar-refractivity contribution is 9.10. The van der Waals surface area contributed by atoms with Gasteiger partial charge in [-0.15, -0.1) is 0 Å². The van der Waals surface area contributed by atoms with Gasteiger partial charge in [0.1, 0.15) is 0 Å². The third-order valence-corrected chi connectivity index (χ3v) is 1.84. The van der Waals surface area contributed by atoms with Gasteiger partial charge in [0.2, 0.25) is 0 Å². The van der Waals surface area contributed by atoms with Gasteiger partial charge in [-0.25, -0.2) is 0 Å². The lowest BCUT2D eigenvalue weighted by molar-refractivity contribution is -0.136. The third-order valence-electron chi connectivity index (χ3n) is 1.17. The van der Waals surface area contributed by atoms with E-state index >= 15 is 0 Å². The van der Waals surface area contributed by atoms with E-state index in [-0.39, 0.29) is 6.42 Å². The Morgan fingerprint density at radius 1 is 1.91 bits per heavy atom. The topological polar surface area (TPSA) is 55.1 Å². The van der Waals surface area contributed by atoms with E-state index in [0.29, 0.717) is 5.69 Å². The zero-order chi connectivity index (χ0) is 8.43. The maximum atomic E-state index is 10.3. The summed E-state index contributed by atoms with van der Waals surface area (Å²) in [6.07, 6.45) is 1.68. The van der Waals surface area contributed by atoms with E-state index in [1.165, 1.54) is 0 Å². The molecule has 0 spiro atoms. The Bertz CT molecular complexity index is 282. The average molecular weight is 219 g/mol. The number of carboxylic acid groups (broad SMARTS) is 1. The molecule has 0 atom stereocenters. The van der Waals surface area contributed by atoms with Crippen molar-refractivity contribution in [3.8, 4) is 0 Å². The molecule has 1 aromatic rings. The Hall–Kier alpha value is -0.840. The first-order valence-electron chi connectivity index (χ1n) is 2.99. The van der Waals surface area contributed by atoms with Gasteiger partial charge in [0.15, 0.2) is 0 Å². The second kappa shape index (κ2) is 3.04. The van der Waals surface area contributed by atoms with E-state index in [1.807, 2.05) is 0 Å². The summed E-state index contributed by atoms with van der Waals surface area (Å²) in [5.74, 6) is -0.871. The fraction of sp³-hybridized carbons (Fsp3) is 0.333. The third kappa shape index (κ3) is 2.04. The van der Waals surface area contributed by atoms with E-state index < -0.39 is 5.97 Å². The van der Waals surface area contributed by atoms with Crippen LogP contribution in [0.1, 0.15) is 5.69 Å². The fourth-order valence-electron chi connectivity index (χ4n) is 0.769. The molecule has 0 unspecified atom stereocenters. The van der Waals surface area contributed by atoms with Gasteiger partial charge in [0, 0.05) is 13.2 Å². The number of rotatable bonds is 2. The van der Waals surface area contributed by atoms with Crippen molar-refractivity contribution in [2.24, 2.45) is 7.05 Å².